The number of halogens is 2. The number of methoxy groups -OCH3 is 1. The quantitative estimate of drug-likeness (QED) is 0.759. The van der Waals surface area contributed by atoms with Crippen LogP contribution in [0.5, 0.6) is 0 Å². The molecule has 0 unspecified atom stereocenters. The van der Waals surface area contributed by atoms with E-state index in [9.17, 15) is 4.79 Å². The highest BCUT2D eigenvalue weighted by atomic mass is 35.5. The molecule has 1 aromatic rings. The predicted molar refractivity (Wildman–Crippen MR) is 62.8 cm³/mol. The number of carbonyl (C=O) groups excluding carboxylic acids is 1. The number of carbonyl (C=O) groups is 1. The smallest absolute Gasteiger partial charge is 0.151 e. The van der Waals surface area contributed by atoms with E-state index >= 15 is 0 Å². The number of benzene rings is 1. The van der Waals surface area contributed by atoms with Gasteiger partial charge in [-0.2, -0.15) is 0 Å². The van der Waals surface area contributed by atoms with E-state index in [1.54, 1.807) is 31.4 Å². The minimum atomic E-state index is 0.366. The Bertz CT molecular complexity index is 386. The molecule has 0 aliphatic rings. The summed E-state index contributed by atoms with van der Waals surface area (Å²) in [4.78, 5) is 10.6. The summed E-state index contributed by atoms with van der Waals surface area (Å²) in [5.74, 6) is 0. The number of hydrogen-bond acceptors (Lipinski definition) is 2. The molecule has 0 spiro atoms. The van der Waals surface area contributed by atoms with Crippen molar-refractivity contribution in [3.63, 3.8) is 0 Å². The second kappa shape index (κ2) is 5.91. The van der Waals surface area contributed by atoms with Gasteiger partial charge in [-0.25, -0.2) is 0 Å². The van der Waals surface area contributed by atoms with Crippen molar-refractivity contribution in [2.45, 2.75) is 0 Å². The zero-order valence-corrected chi connectivity index (χ0v) is 9.68. The van der Waals surface area contributed by atoms with Gasteiger partial charge in [0.1, 0.15) is 0 Å². The maximum absolute atomic E-state index is 10.6. The van der Waals surface area contributed by atoms with Crippen LogP contribution in [0.2, 0.25) is 10.0 Å². The van der Waals surface area contributed by atoms with E-state index in [1.165, 1.54) is 0 Å². The zero-order valence-electron chi connectivity index (χ0n) is 8.17. The minimum Gasteiger partial charge on any atom is -0.381 e. The number of aldehydes is 1. The molecule has 1 aromatic carbocycles. The van der Waals surface area contributed by atoms with Crippen LogP contribution in [0.15, 0.2) is 18.2 Å². The van der Waals surface area contributed by atoms with Crippen molar-refractivity contribution < 1.29 is 9.53 Å². The largest absolute Gasteiger partial charge is 0.381 e. The molecule has 0 fully saturated rings. The molecule has 2 nitrogen and oxygen atoms in total. The summed E-state index contributed by atoms with van der Waals surface area (Å²) < 4.78 is 4.86. The predicted octanol–water partition coefficient (Wildman–Crippen LogP) is 3.47. The summed E-state index contributed by atoms with van der Waals surface area (Å²) in [6.45, 7) is 0.470. The van der Waals surface area contributed by atoms with Gasteiger partial charge in [0, 0.05) is 23.3 Å². The highest BCUT2D eigenvalue weighted by Crippen LogP contribution is 2.28. The molecule has 0 saturated heterocycles. The molecule has 0 saturated carbocycles. The lowest BCUT2D eigenvalue weighted by Crippen LogP contribution is -1.87. The van der Waals surface area contributed by atoms with Crippen molar-refractivity contribution in [3.05, 3.63) is 39.4 Å². The lowest BCUT2D eigenvalue weighted by molar-refractivity contribution is 0.112. The monoisotopic (exact) mass is 244 g/mol. The molecule has 0 atom stereocenters. The fourth-order valence-electron chi connectivity index (χ4n) is 1.09. The van der Waals surface area contributed by atoms with Gasteiger partial charge in [-0.05, 0) is 12.1 Å². The van der Waals surface area contributed by atoms with E-state index in [0.717, 1.165) is 0 Å². The Kier molecular flexibility index (Phi) is 4.82. The van der Waals surface area contributed by atoms with Crippen molar-refractivity contribution in [1.82, 2.24) is 0 Å². The lowest BCUT2D eigenvalue weighted by Gasteiger charge is -2.03. The number of ether oxygens (including phenoxy) is 1. The van der Waals surface area contributed by atoms with Gasteiger partial charge in [0.25, 0.3) is 0 Å². The third kappa shape index (κ3) is 3.06. The second-order valence-corrected chi connectivity index (χ2v) is 3.62. The first kappa shape index (κ1) is 12.2. The van der Waals surface area contributed by atoms with Gasteiger partial charge in [-0.15, -0.1) is 0 Å². The highest BCUT2D eigenvalue weighted by Gasteiger charge is 2.07. The third-order valence-corrected chi connectivity index (χ3v) is 2.58. The van der Waals surface area contributed by atoms with Crippen molar-refractivity contribution in [3.8, 4) is 0 Å². The molecule has 0 radical (unpaired) electrons. The molecule has 1 rings (SSSR count). The Morgan fingerprint density at radius 1 is 1.40 bits per heavy atom. The van der Waals surface area contributed by atoms with Gasteiger partial charge in [0.15, 0.2) is 6.29 Å². The molecule has 80 valence electrons. The van der Waals surface area contributed by atoms with Gasteiger partial charge in [-0.1, -0.05) is 35.4 Å². The second-order valence-electron chi connectivity index (χ2n) is 2.84. The van der Waals surface area contributed by atoms with Gasteiger partial charge in [0.2, 0.25) is 0 Å². The van der Waals surface area contributed by atoms with Crippen molar-refractivity contribution in [2.75, 3.05) is 13.7 Å². The van der Waals surface area contributed by atoms with E-state index in [1.807, 2.05) is 0 Å². The summed E-state index contributed by atoms with van der Waals surface area (Å²) >= 11 is 11.9. The molecule has 4 heteroatoms. The molecular weight excluding hydrogens is 235 g/mol. The van der Waals surface area contributed by atoms with Gasteiger partial charge >= 0.3 is 0 Å². The van der Waals surface area contributed by atoms with Gasteiger partial charge in [-0.3, -0.25) is 4.79 Å². The number of rotatable bonds is 4. The molecule has 0 aliphatic heterocycles. The first-order chi connectivity index (χ1) is 7.20. The third-order valence-electron chi connectivity index (χ3n) is 1.83. The Morgan fingerprint density at radius 3 is 2.73 bits per heavy atom. The van der Waals surface area contributed by atoms with Crippen LogP contribution in [0.4, 0.5) is 0 Å². The molecule has 0 amide bonds. The van der Waals surface area contributed by atoms with Crippen LogP contribution in [-0.2, 0) is 4.74 Å². The molecule has 15 heavy (non-hydrogen) atoms. The van der Waals surface area contributed by atoms with Crippen LogP contribution in [0.25, 0.3) is 6.08 Å². The summed E-state index contributed by atoms with van der Waals surface area (Å²) in [5, 5.41) is 0.878. The highest BCUT2D eigenvalue weighted by molar-refractivity contribution is 6.38. The van der Waals surface area contributed by atoms with Crippen LogP contribution in [0, 0.1) is 0 Å². The standard InChI is InChI=1S/C11H10Cl2O2/c1-15-6-2-3-9-10(12)5-4-8(7-14)11(9)13/h2-5,7H,6H2,1H3/b3-2+. The van der Waals surface area contributed by atoms with Crippen molar-refractivity contribution in [2.24, 2.45) is 0 Å². The maximum Gasteiger partial charge on any atom is 0.151 e. The van der Waals surface area contributed by atoms with Crippen LogP contribution >= 0.6 is 23.2 Å². The van der Waals surface area contributed by atoms with E-state index in [2.05, 4.69) is 0 Å². The summed E-state index contributed by atoms with van der Waals surface area (Å²) in [6.07, 6.45) is 4.22. The summed E-state index contributed by atoms with van der Waals surface area (Å²) in [5.41, 5.74) is 1.07. The van der Waals surface area contributed by atoms with E-state index < -0.39 is 0 Å². The number of hydrogen-bond donors (Lipinski definition) is 0. The lowest BCUT2D eigenvalue weighted by atomic mass is 10.1. The summed E-state index contributed by atoms with van der Waals surface area (Å²) in [6, 6.07) is 3.23. The molecular formula is C11H10Cl2O2. The molecule has 0 aromatic heterocycles. The first-order valence-electron chi connectivity index (χ1n) is 4.29. The van der Waals surface area contributed by atoms with Crippen LogP contribution in [-0.4, -0.2) is 20.0 Å². The Balaban J connectivity index is 3.09. The Morgan fingerprint density at radius 2 is 2.13 bits per heavy atom. The summed E-state index contributed by atoms with van der Waals surface area (Å²) in [7, 11) is 1.59. The molecule has 0 bridgehead atoms. The normalized spacial score (nSPS) is 10.9. The fourth-order valence-corrected chi connectivity index (χ4v) is 1.63. The molecule has 0 heterocycles. The Labute approximate surface area is 98.4 Å². The van der Waals surface area contributed by atoms with Crippen molar-refractivity contribution in [1.29, 1.82) is 0 Å². The maximum atomic E-state index is 10.6. The van der Waals surface area contributed by atoms with Gasteiger partial charge < -0.3 is 4.74 Å². The average Bonchev–Trinajstić information content (AvgIpc) is 2.23. The minimum absolute atomic E-state index is 0.366. The van der Waals surface area contributed by atoms with Crippen molar-refractivity contribution >= 4 is 35.6 Å². The van der Waals surface area contributed by atoms with Crippen LogP contribution < -0.4 is 0 Å². The zero-order chi connectivity index (χ0) is 11.3. The van der Waals surface area contributed by atoms with Crippen LogP contribution in [0.3, 0.4) is 0 Å². The van der Waals surface area contributed by atoms with E-state index in [0.29, 0.717) is 34.1 Å². The SMILES string of the molecule is COC/C=C/c1c(Cl)ccc(C=O)c1Cl. The first-order valence-corrected chi connectivity index (χ1v) is 5.05. The fraction of sp³-hybridized carbons (Fsp3) is 0.182. The molecule has 0 N–H and O–H groups in total. The topological polar surface area (TPSA) is 26.3 Å². The van der Waals surface area contributed by atoms with Gasteiger partial charge in [0.05, 0.1) is 11.6 Å². The van der Waals surface area contributed by atoms with E-state index in [4.69, 9.17) is 27.9 Å². The van der Waals surface area contributed by atoms with Crippen LogP contribution in [0.1, 0.15) is 15.9 Å². The average molecular weight is 245 g/mol. The molecule has 0 aliphatic carbocycles. The van der Waals surface area contributed by atoms with E-state index in [-0.39, 0.29) is 0 Å². The Hall–Kier alpha value is -0.830.